The monoisotopic (exact) mass is 290 g/mol. The highest BCUT2D eigenvalue weighted by atomic mass is 16.4. The van der Waals surface area contributed by atoms with Crippen molar-refractivity contribution in [2.45, 2.75) is 19.4 Å². The molecule has 112 valence electrons. The number of nitrogens with zero attached hydrogens (tertiary/aromatic N) is 2. The summed E-state index contributed by atoms with van der Waals surface area (Å²) in [5.41, 5.74) is 0.714. The van der Waals surface area contributed by atoms with Crippen LogP contribution in [-0.4, -0.2) is 51.2 Å². The minimum atomic E-state index is -1.08. The summed E-state index contributed by atoms with van der Waals surface area (Å²) in [5.74, 6) is -1.23. The van der Waals surface area contributed by atoms with E-state index in [2.05, 4.69) is 4.98 Å². The minimum absolute atomic E-state index is 0.0793. The minimum Gasteiger partial charge on any atom is -0.478 e. The molecule has 1 fully saturated rings. The highest BCUT2D eigenvalue weighted by Gasteiger charge is 2.30. The number of likely N-dealkylation sites (tertiary alicyclic amines) is 1. The van der Waals surface area contributed by atoms with Crippen molar-refractivity contribution >= 4 is 18.0 Å². The van der Waals surface area contributed by atoms with Gasteiger partial charge in [-0.2, -0.15) is 0 Å². The molecule has 0 saturated carbocycles. The predicted molar refractivity (Wildman–Crippen MR) is 76.6 cm³/mol. The number of amides is 1. The zero-order valence-corrected chi connectivity index (χ0v) is 11.8. The van der Waals surface area contributed by atoms with E-state index < -0.39 is 12.1 Å². The van der Waals surface area contributed by atoms with Crippen molar-refractivity contribution in [3.05, 3.63) is 35.7 Å². The summed E-state index contributed by atoms with van der Waals surface area (Å²) in [5, 5.41) is 18.3. The van der Waals surface area contributed by atoms with Crippen LogP contribution in [0.25, 0.3) is 6.08 Å². The molecule has 1 aromatic heterocycles. The molecule has 1 aliphatic rings. The van der Waals surface area contributed by atoms with Crippen molar-refractivity contribution in [3.8, 4) is 0 Å². The molecule has 0 aromatic carbocycles. The van der Waals surface area contributed by atoms with Crippen LogP contribution in [0.15, 0.2) is 24.4 Å². The quantitative estimate of drug-likeness (QED) is 0.808. The molecule has 0 spiro atoms. The van der Waals surface area contributed by atoms with Crippen LogP contribution < -0.4 is 0 Å². The first kappa shape index (κ1) is 15.2. The number of pyridine rings is 1. The lowest BCUT2D eigenvalue weighted by molar-refractivity contribution is -0.131. The van der Waals surface area contributed by atoms with E-state index in [4.69, 9.17) is 5.11 Å². The maximum atomic E-state index is 12.5. The summed E-state index contributed by atoms with van der Waals surface area (Å²) >= 11 is 0. The second-order valence-electron chi connectivity index (χ2n) is 5.15. The fourth-order valence-corrected chi connectivity index (χ4v) is 2.41. The van der Waals surface area contributed by atoms with Gasteiger partial charge in [-0.15, -0.1) is 0 Å². The predicted octanol–water partition coefficient (Wildman–Crippen LogP) is 1.02. The molecule has 1 aliphatic heterocycles. The Morgan fingerprint density at radius 1 is 1.52 bits per heavy atom. The van der Waals surface area contributed by atoms with Crippen molar-refractivity contribution in [2.24, 2.45) is 5.92 Å². The molecule has 2 heterocycles. The highest BCUT2D eigenvalue weighted by Crippen LogP contribution is 2.22. The molecule has 0 radical (unpaired) electrons. The van der Waals surface area contributed by atoms with Crippen molar-refractivity contribution in [2.75, 3.05) is 13.1 Å². The van der Waals surface area contributed by atoms with E-state index in [-0.39, 0.29) is 17.5 Å². The summed E-state index contributed by atoms with van der Waals surface area (Å²) in [4.78, 5) is 28.8. The van der Waals surface area contributed by atoms with Crippen molar-refractivity contribution < 1.29 is 19.8 Å². The van der Waals surface area contributed by atoms with Crippen LogP contribution in [0.5, 0.6) is 0 Å². The summed E-state index contributed by atoms with van der Waals surface area (Å²) in [6.45, 7) is 2.79. The van der Waals surface area contributed by atoms with Crippen LogP contribution in [-0.2, 0) is 4.79 Å². The van der Waals surface area contributed by atoms with Crippen LogP contribution in [0.3, 0.4) is 0 Å². The number of aliphatic hydroxyl groups is 1. The third-order valence-corrected chi connectivity index (χ3v) is 3.64. The Morgan fingerprint density at radius 2 is 2.29 bits per heavy atom. The molecule has 1 aromatic rings. The van der Waals surface area contributed by atoms with Gasteiger partial charge in [0.1, 0.15) is 5.69 Å². The Balaban J connectivity index is 2.18. The van der Waals surface area contributed by atoms with Gasteiger partial charge < -0.3 is 15.1 Å². The molecular formula is C15H18N2O4. The Kier molecular flexibility index (Phi) is 4.70. The summed E-state index contributed by atoms with van der Waals surface area (Å²) in [6, 6.07) is 3.31. The van der Waals surface area contributed by atoms with E-state index in [1.807, 2.05) is 0 Å². The lowest BCUT2D eigenvalue weighted by atomic mass is 10.0. The zero-order valence-electron chi connectivity index (χ0n) is 11.8. The van der Waals surface area contributed by atoms with Crippen molar-refractivity contribution in [3.63, 3.8) is 0 Å². The molecule has 2 rings (SSSR count). The third-order valence-electron chi connectivity index (χ3n) is 3.64. The van der Waals surface area contributed by atoms with Gasteiger partial charge in [-0.05, 0) is 25.5 Å². The van der Waals surface area contributed by atoms with Gasteiger partial charge in [0.05, 0.1) is 6.10 Å². The first-order chi connectivity index (χ1) is 9.99. The summed E-state index contributed by atoms with van der Waals surface area (Å²) in [6.07, 6.45) is 4.17. The largest absolute Gasteiger partial charge is 0.478 e. The molecule has 6 heteroatoms. The molecule has 21 heavy (non-hydrogen) atoms. The van der Waals surface area contributed by atoms with Crippen molar-refractivity contribution in [1.29, 1.82) is 0 Å². The number of hydrogen-bond acceptors (Lipinski definition) is 4. The Bertz CT molecular complexity index is 569. The Hall–Kier alpha value is -2.21. The normalized spacial score (nSPS) is 19.9. The number of carboxylic acids is 1. The van der Waals surface area contributed by atoms with Crippen LogP contribution >= 0.6 is 0 Å². The third kappa shape index (κ3) is 3.66. The smallest absolute Gasteiger partial charge is 0.328 e. The standard InChI is InChI=1S/C15H18N2O4/c1-10(18)12-6-8-17(9-12)15(21)14-11(3-2-7-16-14)4-5-13(19)20/h2-5,7,10,12,18H,6,8-9H2,1H3,(H,19,20)/b5-4+. The van der Waals surface area contributed by atoms with Gasteiger partial charge in [0.15, 0.2) is 0 Å². The second-order valence-corrected chi connectivity index (χ2v) is 5.15. The second kappa shape index (κ2) is 6.49. The molecule has 0 bridgehead atoms. The lowest BCUT2D eigenvalue weighted by Gasteiger charge is -2.18. The van der Waals surface area contributed by atoms with E-state index in [0.717, 1.165) is 12.5 Å². The first-order valence-electron chi connectivity index (χ1n) is 6.82. The topological polar surface area (TPSA) is 90.7 Å². The first-order valence-corrected chi connectivity index (χ1v) is 6.82. The van der Waals surface area contributed by atoms with Gasteiger partial charge in [-0.3, -0.25) is 9.78 Å². The molecule has 6 nitrogen and oxygen atoms in total. The molecule has 2 unspecified atom stereocenters. The van der Waals surface area contributed by atoms with Gasteiger partial charge in [0.2, 0.25) is 0 Å². The number of carboxylic acid groups (broad SMARTS) is 1. The van der Waals surface area contributed by atoms with Crippen LogP contribution in [0, 0.1) is 5.92 Å². The van der Waals surface area contributed by atoms with Crippen LogP contribution in [0.4, 0.5) is 0 Å². The zero-order chi connectivity index (χ0) is 15.4. The fourth-order valence-electron chi connectivity index (χ4n) is 2.41. The van der Waals surface area contributed by atoms with Gasteiger partial charge >= 0.3 is 5.97 Å². The summed E-state index contributed by atoms with van der Waals surface area (Å²) in [7, 11) is 0. The number of aromatic nitrogens is 1. The average molecular weight is 290 g/mol. The molecular weight excluding hydrogens is 272 g/mol. The van der Waals surface area contributed by atoms with E-state index in [0.29, 0.717) is 18.7 Å². The maximum Gasteiger partial charge on any atom is 0.328 e. The Labute approximate surface area is 122 Å². The number of carbonyl (C=O) groups is 2. The SMILES string of the molecule is CC(O)C1CCN(C(=O)c2ncccc2/C=C/C(=O)O)C1. The van der Waals surface area contributed by atoms with E-state index >= 15 is 0 Å². The van der Waals surface area contributed by atoms with Gasteiger partial charge in [-0.1, -0.05) is 6.07 Å². The van der Waals surface area contributed by atoms with Crippen LogP contribution in [0.2, 0.25) is 0 Å². The fraction of sp³-hybridized carbons (Fsp3) is 0.400. The molecule has 1 saturated heterocycles. The average Bonchev–Trinajstić information content (AvgIpc) is 2.94. The number of rotatable bonds is 4. The molecule has 1 amide bonds. The number of aliphatic hydroxyl groups excluding tert-OH is 1. The van der Waals surface area contributed by atoms with Gasteiger partial charge in [0.25, 0.3) is 5.91 Å². The van der Waals surface area contributed by atoms with Crippen molar-refractivity contribution in [1.82, 2.24) is 9.88 Å². The van der Waals surface area contributed by atoms with Gasteiger partial charge in [-0.25, -0.2) is 4.79 Å². The van der Waals surface area contributed by atoms with E-state index in [1.165, 1.54) is 12.3 Å². The van der Waals surface area contributed by atoms with E-state index in [1.54, 1.807) is 24.0 Å². The number of hydrogen-bond donors (Lipinski definition) is 2. The molecule has 2 atom stereocenters. The summed E-state index contributed by atoms with van der Waals surface area (Å²) < 4.78 is 0. The number of aliphatic carboxylic acids is 1. The maximum absolute atomic E-state index is 12.5. The lowest BCUT2D eigenvalue weighted by Crippen LogP contribution is -2.31. The highest BCUT2D eigenvalue weighted by molar-refractivity contribution is 5.97. The van der Waals surface area contributed by atoms with Gasteiger partial charge in [0, 0.05) is 36.8 Å². The number of carbonyl (C=O) groups excluding carboxylic acids is 1. The van der Waals surface area contributed by atoms with Crippen LogP contribution in [0.1, 0.15) is 29.4 Å². The molecule has 2 N–H and O–H groups in total. The molecule has 0 aliphatic carbocycles. The Morgan fingerprint density at radius 3 is 2.90 bits per heavy atom. The van der Waals surface area contributed by atoms with E-state index in [9.17, 15) is 14.7 Å².